The highest BCUT2D eigenvalue weighted by Gasteiger charge is 2.19. The predicted octanol–water partition coefficient (Wildman–Crippen LogP) is 1.69. The van der Waals surface area contributed by atoms with E-state index in [1.807, 2.05) is 0 Å². The molecule has 0 aliphatic heterocycles. The molecule has 0 bridgehead atoms. The lowest BCUT2D eigenvalue weighted by Gasteiger charge is -2.14. The van der Waals surface area contributed by atoms with Gasteiger partial charge in [-0.2, -0.15) is 0 Å². The minimum Gasteiger partial charge on any atom is -0.384 e. The third-order valence-corrected chi connectivity index (χ3v) is 1.61. The maximum atomic E-state index is 12.7. The molecule has 0 atom stereocenters. The average Bonchev–Trinajstić information content (AvgIpc) is 2.11. The van der Waals surface area contributed by atoms with Gasteiger partial charge in [0.25, 0.3) is 0 Å². The van der Waals surface area contributed by atoms with Gasteiger partial charge >= 0.3 is 0 Å². The fourth-order valence-corrected chi connectivity index (χ4v) is 0.862. The molecule has 2 N–H and O–H groups in total. The van der Waals surface area contributed by atoms with Crippen LogP contribution in [0, 0.1) is 12.7 Å². The smallest absolute Gasteiger partial charge is 0.143 e. The molecule has 0 spiro atoms. The van der Waals surface area contributed by atoms with E-state index < -0.39 is 5.60 Å². The number of nitrogens with one attached hydrogen (secondary N) is 1. The molecule has 0 unspecified atom stereocenters. The van der Waals surface area contributed by atoms with Crippen molar-refractivity contribution in [1.29, 1.82) is 0 Å². The number of aliphatic hydroxyl groups is 1. The second-order valence-corrected chi connectivity index (χ2v) is 3.21. The summed E-state index contributed by atoms with van der Waals surface area (Å²) in [4.78, 5) is 2.76. The van der Waals surface area contributed by atoms with Gasteiger partial charge in [-0.1, -0.05) is 0 Å². The first kappa shape index (κ1) is 8.27. The fourth-order valence-electron chi connectivity index (χ4n) is 0.862. The normalized spacial score (nSPS) is 12.1. The zero-order valence-corrected chi connectivity index (χ0v) is 6.90. The van der Waals surface area contributed by atoms with Crippen LogP contribution in [0.25, 0.3) is 0 Å². The predicted molar refractivity (Wildman–Crippen MR) is 40.7 cm³/mol. The highest BCUT2D eigenvalue weighted by atomic mass is 19.1. The summed E-state index contributed by atoms with van der Waals surface area (Å²) in [7, 11) is 0. The lowest BCUT2D eigenvalue weighted by molar-refractivity contribution is 0.0742. The second kappa shape index (κ2) is 2.34. The van der Waals surface area contributed by atoms with E-state index in [9.17, 15) is 9.50 Å². The van der Waals surface area contributed by atoms with Gasteiger partial charge in [-0.25, -0.2) is 4.39 Å². The topological polar surface area (TPSA) is 36.0 Å². The molecule has 3 heteroatoms. The molecule has 0 saturated heterocycles. The number of H-pyrrole nitrogens is 1. The summed E-state index contributed by atoms with van der Waals surface area (Å²) in [5, 5.41) is 9.43. The lowest BCUT2D eigenvalue weighted by Crippen LogP contribution is -2.15. The van der Waals surface area contributed by atoms with E-state index in [0.29, 0.717) is 11.4 Å². The molecule has 1 rings (SSSR count). The average molecular weight is 157 g/mol. The molecule has 0 amide bonds. The summed E-state index contributed by atoms with van der Waals surface area (Å²) in [6.45, 7) is 4.85. The van der Waals surface area contributed by atoms with Crippen LogP contribution in [0.15, 0.2) is 6.07 Å². The van der Waals surface area contributed by atoms with Crippen LogP contribution in [-0.4, -0.2) is 10.1 Å². The Balaban J connectivity index is 3.08. The second-order valence-electron chi connectivity index (χ2n) is 3.21. The van der Waals surface area contributed by atoms with Crippen molar-refractivity contribution in [3.63, 3.8) is 0 Å². The largest absolute Gasteiger partial charge is 0.384 e. The van der Waals surface area contributed by atoms with Crippen molar-refractivity contribution in [2.45, 2.75) is 26.4 Å². The van der Waals surface area contributed by atoms with Gasteiger partial charge in [-0.15, -0.1) is 0 Å². The molecule has 0 radical (unpaired) electrons. The van der Waals surface area contributed by atoms with E-state index in [-0.39, 0.29) is 5.82 Å². The molecule has 1 heterocycles. The molecule has 1 aromatic rings. The van der Waals surface area contributed by atoms with Crippen molar-refractivity contribution in [3.05, 3.63) is 23.3 Å². The van der Waals surface area contributed by atoms with E-state index in [4.69, 9.17) is 0 Å². The summed E-state index contributed by atoms with van der Waals surface area (Å²) >= 11 is 0. The van der Waals surface area contributed by atoms with Crippen molar-refractivity contribution in [2.75, 3.05) is 0 Å². The molecular formula is C8H12FNO. The Bertz CT molecular complexity index is 240. The Morgan fingerprint density at radius 3 is 2.27 bits per heavy atom. The van der Waals surface area contributed by atoms with Gasteiger partial charge in [0.1, 0.15) is 5.82 Å². The first-order valence-corrected chi connectivity index (χ1v) is 3.49. The molecule has 62 valence electrons. The molecule has 0 fully saturated rings. The molecule has 0 saturated carbocycles. The van der Waals surface area contributed by atoms with Crippen LogP contribution in [-0.2, 0) is 5.60 Å². The number of hydrogen-bond acceptors (Lipinski definition) is 1. The van der Waals surface area contributed by atoms with Crippen molar-refractivity contribution in [1.82, 2.24) is 4.98 Å². The van der Waals surface area contributed by atoms with Crippen molar-refractivity contribution in [3.8, 4) is 0 Å². The van der Waals surface area contributed by atoms with Gasteiger partial charge in [-0.3, -0.25) is 0 Å². The molecule has 0 aliphatic rings. The fraction of sp³-hybridized carbons (Fsp3) is 0.500. The van der Waals surface area contributed by atoms with Crippen molar-refractivity contribution in [2.24, 2.45) is 0 Å². The first-order valence-electron chi connectivity index (χ1n) is 3.49. The van der Waals surface area contributed by atoms with Gasteiger partial charge in [0.15, 0.2) is 0 Å². The Labute approximate surface area is 65.1 Å². The number of halogens is 1. The van der Waals surface area contributed by atoms with Crippen LogP contribution in [0.3, 0.4) is 0 Å². The molecule has 11 heavy (non-hydrogen) atoms. The van der Waals surface area contributed by atoms with Gasteiger partial charge in [0, 0.05) is 11.4 Å². The molecule has 1 aromatic heterocycles. The Hall–Kier alpha value is -0.830. The third kappa shape index (κ3) is 1.60. The first-order chi connectivity index (χ1) is 4.91. The van der Waals surface area contributed by atoms with Gasteiger partial charge in [-0.05, 0) is 26.8 Å². The van der Waals surface area contributed by atoms with Gasteiger partial charge in [0.05, 0.1) is 5.60 Å². The summed E-state index contributed by atoms with van der Waals surface area (Å²) < 4.78 is 12.7. The summed E-state index contributed by atoms with van der Waals surface area (Å²) in [6.07, 6.45) is 0. The van der Waals surface area contributed by atoms with Crippen LogP contribution in [0.5, 0.6) is 0 Å². The standard InChI is InChI=1S/C8H12FNO/c1-5-6(9)4-7(10-5)8(2,3)11/h4,10-11H,1-3H3. The number of aryl methyl sites for hydroxylation is 1. The highest BCUT2D eigenvalue weighted by molar-refractivity contribution is 5.18. The van der Waals surface area contributed by atoms with Crippen molar-refractivity contribution >= 4 is 0 Å². The molecule has 2 nitrogen and oxygen atoms in total. The summed E-state index contributed by atoms with van der Waals surface area (Å²) in [5.74, 6) is -0.304. The lowest BCUT2D eigenvalue weighted by atomic mass is 10.1. The zero-order valence-electron chi connectivity index (χ0n) is 6.90. The van der Waals surface area contributed by atoms with Crippen LogP contribution in [0.4, 0.5) is 4.39 Å². The number of hydrogen-bond donors (Lipinski definition) is 2. The van der Waals surface area contributed by atoms with E-state index in [0.717, 1.165) is 0 Å². The maximum absolute atomic E-state index is 12.7. The Kier molecular flexibility index (Phi) is 1.76. The Morgan fingerprint density at radius 1 is 1.55 bits per heavy atom. The molecule has 0 aromatic carbocycles. The number of aromatic nitrogens is 1. The third-order valence-electron chi connectivity index (χ3n) is 1.61. The zero-order chi connectivity index (χ0) is 8.65. The van der Waals surface area contributed by atoms with Crippen LogP contribution in [0.2, 0.25) is 0 Å². The quantitative estimate of drug-likeness (QED) is 0.639. The monoisotopic (exact) mass is 157 g/mol. The minimum absolute atomic E-state index is 0.304. The molecular weight excluding hydrogens is 145 g/mol. The van der Waals surface area contributed by atoms with E-state index >= 15 is 0 Å². The highest BCUT2D eigenvalue weighted by Crippen LogP contribution is 2.20. The number of rotatable bonds is 1. The van der Waals surface area contributed by atoms with Crippen LogP contribution < -0.4 is 0 Å². The SMILES string of the molecule is Cc1[nH]c(C(C)(C)O)cc1F. The van der Waals surface area contributed by atoms with Crippen LogP contribution in [0.1, 0.15) is 25.2 Å². The van der Waals surface area contributed by atoms with Crippen molar-refractivity contribution < 1.29 is 9.50 Å². The van der Waals surface area contributed by atoms with Gasteiger partial charge in [0.2, 0.25) is 0 Å². The van der Waals surface area contributed by atoms with Crippen LogP contribution >= 0.6 is 0 Å². The maximum Gasteiger partial charge on any atom is 0.143 e. The van der Waals surface area contributed by atoms with E-state index in [2.05, 4.69) is 4.98 Å². The van der Waals surface area contributed by atoms with Gasteiger partial charge < -0.3 is 10.1 Å². The Morgan fingerprint density at radius 2 is 2.09 bits per heavy atom. The minimum atomic E-state index is -0.991. The molecule has 0 aliphatic carbocycles. The summed E-state index contributed by atoms with van der Waals surface area (Å²) in [5.41, 5.74) is -0.0237. The summed E-state index contributed by atoms with van der Waals surface area (Å²) in [6, 6.07) is 1.31. The number of aromatic amines is 1. The van der Waals surface area contributed by atoms with E-state index in [1.54, 1.807) is 20.8 Å². The van der Waals surface area contributed by atoms with E-state index in [1.165, 1.54) is 6.07 Å².